The summed E-state index contributed by atoms with van der Waals surface area (Å²) >= 11 is 12.0. The summed E-state index contributed by atoms with van der Waals surface area (Å²) in [5.74, 6) is -0.700. The largest absolute Gasteiger partial charge is 0.505 e. The lowest BCUT2D eigenvalue weighted by molar-refractivity contribution is 0.0508. The van der Waals surface area contributed by atoms with Crippen LogP contribution in [0.25, 0.3) is 10.8 Å². The molecule has 0 spiro atoms. The molecule has 0 aliphatic heterocycles. The van der Waals surface area contributed by atoms with Crippen LogP contribution in [0.15, 0.2) is 16.9 Å². The third-order valence-corrected chi connectivity index (χ3v) is 4.61. The van der Waals surface area contributed by atoms with Crippen LogP contribution in [0, 0.1) is 5.92 Å². The summed E-state index contributed by atoms with van der Waals surface area (Å²) in [6, 6.07) is 2.81. The molecule has 1 aliphatic rings. The van der Waals surface area contributed by atoms with E-state index in [1.807, 2.05) is 0 Å². The van der Waals surface area contributed by atoms with Gasteiger partial charge in [0.15, 0.2) is 11.4 Å². The SMILES string of the molecule is CCOC(=O)c1c(O)c2cc(Cl)c(Cl)cc2c(=O)n1CC1CC1. The van der Waals surface area contributed by atoms with Crippen LogP contribution < -0.4 is 5.56 Å². The number of esters is 1. The minimum Gasteiger partial charge on any atom is -0.505 e. The third-order valence-electron chi connectivity index (χ3n) is 3.89. The van der Waals surface area contributed by atoms with E-state index in [0.29, 0.717) is 12.5 Å². The van der Waals surface area contributed by atoms with Gasteiger partial charge in [0.2, 0.25) is 0 Å². The molecule has 0 atom stereocenters. The van der Waals surface area contributed by atoms with Crippen molar-refractivity contribution in [2.75, 3.05) is 6.61 Å². The predicted octanol–water partition coefficient (Wildman–Crippen LogP) is 3.60. The van der Waals surface area contributed by atoms with E-state index in [0.717, 1.165) is 12.8 Å². The Bertz CT molecular complexity index is 856. The Morgan fingerprint density at radius 2 is 1.91 bits per heavy atom. The monoisotopic (exact) mass is 355 g/mol. The molecule has 1 aliphatic carbocycles. The number of nitrogens with zero attached hydrogens (tertiary/aromatic N) is 1. The molecule has 1 N–H and O–H groups in total. The van der Waals surface area contributed by atoms with Gasteiger partial charge in [-0.05, 0) is 37.8 Å². The summed E-state index contributed by atoms with van der Waals surface area (Å²) in [6.07, 6.45) is 1.99. The van der Waals surface area contributed by atoms with Gasteiger partial charge in [0.05, 0.1) is 22.0 Å². The number of hydrogen-bond donors (Lipinski definition) is 1. The summed E-state index contributed by atoms with van der Waals surface area (Å²) in [7, 11) is 0. The van der Waals surface area contributed by atoms with Gasteiger partial charge in [0.25, 0.3) is 5.56 Å². The molecule has 122 valence electrons. The van der Waals surface area contributed by atoms with Crippen molar-refractivity contribution < 1.29 is 14.6 Å². The minimum absolute atomic E-state index is 0.130. The van der Waals surface area contributed by atoms with Crippen molar-refractivity contribution >= 4 is 39.9 Å². The maximum atomic E-state index is 12.8. The first-order valence-corrected chi connectivity index (χ1v) is 8.11. The fourth-order valence-corrected chi connectivity index (χ4v) is 2.89. The van der Waals surface area contributed by atoms with Gasteiger partial charge >= 0.3 is 5.97 Å². The lowest BCUT2D eigenvalue weighted by Crippen LogP contribution is -2.28. The van der Waals surface area contributed by atoms with Gasteiger partial charge in [-0.3, -0.25) is 9.36 Å². The van der Waals surface area contributed by atoms with Gasteiger partial charge in [-0.2, -0.15) is 0 Å². The topological polar surface area (TPSA) is 68.5 Å². The van der Waals surface area contributed by atoms with Crippen LogP contribution in [-0.4, -0.2) is 22.2 Å². The molecule has 3 rings (SSSR count). The molecule has 1 saturated carbocycles. The zero-order valence-corrected chi connectivity index (χ0v) is 13.9. The first-order chi connectivity index (χ1) is 10.9. The van der Waals surface area contributed by atoms with Gasteiger partial charge in [0, 0.05) is 11.9 Å². The van der Waals surface area contributed by atoms with Crippen LogP contribution in [0.5, 0.6) is 5.75 Å². The second-order valence-electron chi connectivity index (χ2n) is 5.59. The van der Waals surface area contributed by atoms with Gasteiger partial charge in [-0.15, -0.1) is 0 Å². The average Bonchev–Trinajstić information content (AvgIpc) is 3.31. The van der Waals surface area contributed by atoms with Gasteiger partial charge in [0.1, 0.15) is 0 Å². The summed E-state index contributed by atoms with van der Waals surface area (Å²) in [4.78, 5) is 25.0. The zero-order valence-electron chi connectivity index (χ0n) is 12.4. The number of carbonyl (C=O) groups excluding carboxylic acids is 1. The molecule has 5 nitrogen and oxygen atoms in total. The Kier molecular flexibility index (Phi) is 4.25. The first-order valence-electron chi connectivity index (χ1n) is 7.35. The second-order valence-corrected chi connectivity index (χ2v) is 6.40. The maximum Gasteiger partial charge on any atom is 0.358 e. The van der Waals surface area contributed by atoms with Crippen LogP contribution in [0.4, 0.5) is 0 Å². The van der Waals surface area contributed by atoms with Crippen molar-refractivity contribution in [3.8, 4) is 5.75 Å². The van der Waals surface area contributed by atoms with Crippen molar-refractivity contribution in [1.29, 1.82) is 0 Å². The number of aromatic hydroxyl groups is 1. The molecule has 7 heteroatoms. The number of hydrogen-bond acceptors (Lipinski definition) is 4. The van der Waals surface area contributed by atoms with E-state index in [1.165, 1.54) is 16.7 Å². The summed E-state index contributed by atoms with van der Waals surface area (Å²) in [6.45, 7) is 2.18. The van der Waals surface area contributed by atoms with Crippen LogP contribution in [0.3, 0.4) is 0 Å². The standard InChI is InChI=1S/C16H15Cl2NO4/c1-2-23-16(22)13-14(20)9-5-11(17)12(18)6-10(9)15(21)19(13)7-8-3-4-8/h5-6,8,20H,2-4,7H2,1H3. The number of carbonyl (C=O) groups is 1. The summed E-state index contributed by atoms with van der Waals surface area (Å²) < 4.78 is 6.28. The molecule has 0 bridgehead atoms. The molecule has 1 aromatic carbocycles. The highest BCUT2D eigenvalue weighted by molar-refractivity contribution is 6.42. The van der Waals surface area contributed by atoms with E-state index in [1.54, 1.807) is 6.92 Å². The lowest BCUT2D eigenvalue weighted by Gasteiger charge is -2.15. The number of pyridine rings is 1. The van der Waals surface area contributed by atoms with Crippen LogP contribution in [-0.2, 0) is 11.3 Å². The molecule has 1 aromatic heterocycles. The third kappa shape index (κ3) is 2.91. The molecular weight excluding hydrogens is 341 g/mol. The second kappa shape index (κ2) is 6.06. The zero-order chi connectivity index (χ0) is 16.7. The molecule has 0 saturated heterocycles. The van der Waals surface area contributed by atoms with Crippen molar-refractivity contribution in [2.45, 2.75) is 26.3 Å². The minimum atomic E-state index is -0.726. The van der Waals surface area contributed by atoms with Crippen molar-refractivity contribution in [1.82, 2.24) is 4.57 Å². The highest BCUT2D eigenvalue weighted by atomic mass is 35.5. The molecule has 0 amide bonds. The quantitative estimate of drug-likeness (QED) is 0.850. The van der Waals surface area contributed by atoms with Crippen LogP contribution >= 0.6 is 23.2 Å². The van der Waals surface area contributed by atoms with E-state index in [4.69, 9.17) is 27.9 Å². The summed E-state index contributed by atoms with van der Waals surface area (Å²) in [5, 5.41) is 11.4. The Labute approximate surface area is 142 Å². The Morgan fingerprint density at radius 1 is 1.30 bits per heavy atom. The Morgan fingerprint density at radius 3 is 2.48 bits per heavy atom. The van der Waals surface area contributed by atoms with E-state index in [9.17, 15) is 14.7 Å². The smallest absolute Gasteiger partial charge is 0.358 e. The van der Waals surface area contributed by atoms with Crippen molar-refractivity contribution in [3.05, 3.63) is 38.2 Å². The number of aromatic nitrogens is 1. The molecule has 2 aromatic rings. The fraction of sp³-hybridized carbons (Fsp3) is 0.375. The van der Waals surface area contributed by atoms with Gasteiger partial charge in [-0.1, -0.05) is 23.2 Å². The van der Waals surface area contributed by atoms with Crippen LogP contribution in [0.1, 0.15) is 30.3 Å². The van der Waals surface area contributed by atoms with Gasteiger partial charge in [-0.25, -0.2) is 4.79 Å². The average molecular weight is 356 g/mol. The Hall–Kier alpha value is -1.72. The molecule has 0 unspecified atom stereocenters. The van der Waals surface area contributed by atoms with Gasteiger partial charge < -0.3 is 9.84 Å². The molecule has 23 heavy (non-hydrogen) atoms. The number of fused-ring (bicyclic) bond motifs is 1. The Balaban J connectivity index is 2.33. The molecular formula is C16H15Cl2NO4. The number of benzene rings is 1. The van der Waals surface area contributed by atoms with Crippen molar-refractivity contribution in [3.63, 3.8) is 0 Å². The highest BCUT2D eigenvalue weighted by Crippen LogP contribution is 2.35. The number of rotatable bonds is 4. The highest BCUT2D eigenvalue weighted by Gasteiger charge is 2.29. The molecule has 0 radical (unpaired) electrons. The molecule has 1 heterocycles. The van der Waals surface area contributed by atoms with Crippen molar-refractivity contribution in [2.24, 2.45) is 5.92 Å². The fourth-order valence-electron chi connectivity index (χ4n) is 2.56. The van der Waals surface area contributed by atoms with E-state index in [-0.39, 0.29) is 44.4 Å². The van der Waals surface area contributed by atoms with Crippen LogP contribution in [0.2, 0.25) is 10.0 Å². The summed E-state index contributed by atoms with van der Waals surface area (Å²) in [5.41, 5.74) is -0.513. The van der Waals surface area contributed by atoms with E-state index >= 15 is 0 Å². The number of ether oxygens (including phenoxy) is 1. The normalized spacial score (nSPS) is 14.2. The van der Waals surface area contributed by atoms with E-state index in [2.05, 4.69) is 0 Å². The number of halogens is 2. The first kappa shape index (κ1) is 16.1. The molecule has 1 fully saturated rings. The lowest BCUT2D eigenvalue weighted by atomic mass is 10.1. The predicted molar refractivity (Wildman–Crippen MR) is 88.6 cm³/mol. The maximum absolute atomic E-state index is 12.8. The van der Waals surface area contributed by atoms with E-state index < -0.39 is 5.97 Å².